The summed E-state index contributed by atoms with van der Waals surface area (Å²) in [5, 5.41) is 29.2. The lowest BCUT2D eigenvalue weighted by molar-refractivity contribution is -0.108. The molecule has 0 bridgehead atoms. The Balaban J connectivity index is 1.89. The molecule has 1 aromatic carbocycles. The molecule has 31 heavy (non-hydrogen) atoms. The Kier molecular flexibility index (Phi) is 10.8. The van der Waals surface area contributed by atoms with Gasteiger partial charge in [-0.3, -0.25) is 0 Å². The van der Waals surface area contributed by atoms with Gasteiger partial charge in [-0.05, 0) is 18.6 Å². The van der Waals surface area contributed by atoms with Gasteiger partial charge >= 0.3 is 0 Å². The van der Waals surface area contributed by atoms with Crippen LogP contribution in [0.2, 0.25) is 0 Å². The van der Waals surface area contributed by atoms with Gasteiger partial charge < -0.3 is 29.4 Å². The van der Waals surface area contributed by atoms with Gasteiger partial charge in [0.1, 0.15) is 12.0 Å². The molecule has 0 aliphatic heterocycles. The van der Waals surface area contributed by atoms with E-state index in [0.717, 1.165) is 19.3 Å². The third-order valence-electron chi connectivity index (χ3n) is 5.21. The van der Waals surface area contributed by atoms with Crippen molar-refractivity contribution in [1.29, 1.82) is 0 Å². The Morgan fingerprint density at radius 1 is 0.903 bits per heavy atom. The molecule has 0 radical (unpaired) electrons. The zero-order valence-corrected chi connectivity index (χ0v) is 18.4. The van der Waals surface area contributed by atoms with E-state index in [0.29, 0.717) is 29.1 Å². The molecule has 0 spiro atoms. The van der Waals surface area contributed by atoms with Crippen molar-refractivity contribution in [3.63, 3.8) is 0 Å². The third-order valence-corrected chi connectivity index (χ3v) is 5.21. The number of phenolic OH excluding ortho intramolecular Hbond substituents is 3. The molecule has 0 unspecified atom stereocenters. The van der Waals surface area contributed by atoms with E-state index in [9.17, 15) is 20.1 Å². The fourth-order valence-corrected chi connectivity index (χ4v) is 3.50. The van der Waals surface area contributed by atoms with Gasteiger partial charge in [-0.2, -0.15) is 0 Å². The molecule has 0 atom stereocenters. The van der Waals surface area contributed by atoms with E-state index in [4.69, 9.17) is 9.25 Å². The van der Waals surface area contributed by atoms with Crippen molar-refractivity contribution in [2.24, 2.45) is 0 Å². The molecule has 0 saturated heterocycles. The van der Waals surface area contributed by atoms with Crippen LogP contribution in [0.4, 0.5) is 0 Å². The van der Waals surface area contributed by atoms with Crippen molar-refractivity contribution in [2.45, 2.75) is 77.6 Å². The highest BCUT2D eigenvalue weighted by atomic mass is 16.7. The van der Waals surface area contributed by atoms with E-state index in [1.807, 2.05) is 0 Å². The number of carbonyl (C=O) groups is 1. The molecule has 4 N–H and O–H groups in total. The second kappa shape index (κ2) is 13.6. The maximum absolute atomic E-state index is 10.5. The number of hydrogen-bond acceptors (Lipinski definition) is 7. The first-order valence-electron chi connectivity index (χ1n) is 11.3. The largest absolute Gasteiger partial charge is 0.504 e. The maximum Gasteiger partial charge on any atom is 0.200 e. The Hall–Kier alpha value is -2.67. The minimum atomic E-state index is -0.595. The van der Waals surface area contributed by atoms with Crippen LogP contribution in [0.25, 0.3) is 11.3 Å². The van der Waals surface area contributed by atoms with Gasteiger partial charge in [0.25, 0.3) is 0 Å². The van der Waals surface area contributed by atoms with Gasteiger partial charge in [0.05, 0.1) is 6.54 Å². The molecule has 1 aromatic heterocycles. The summed E-state index contributed by atoms with van der Waals surface area (Å²) in [4.78, 5) is 16.0. The maximum atomic E-state index is 10.5. The molecular formula is C24H35NO6. The number of rotatable bonds is 16. The second-order valence-corrected chi connectivity index (χ2v) is 7.82. The highest BCUT2D eigenvalue weighted by molar-refractivity contribution is 5.71. The zero-order chi connectivity index (χ0) is 22.5. The van der Waals surface area contributed by atoms with Gasteiger partial charge in [-0.15, -0.1) is 5.48 Å². The van der Waals surface area contributed by atoms with Crippen LogP contribution in [-0.2, 0) is 11.2 Å². The Morgan fingerprint density at radius 2 is 1.48 bits per heavy atom. The van der Waals surface area contributed by atoms with Crippen molar-refractivity contribution in [3.05, 3.63) is 24.0 Å². The van der Waals surface area contributed by atoms with Gasteiger partial charge in [0, 0.05) is 18.1 Å². The first-order valence-corrected chi connectivity index (χ1v) is 11.3. The van der Waals surface area contributed by atoms with Crippen LogP contribution in [-0.4, -0.2) is 28.2 Å². The van der Waals surface area contributed by atoms with Crippen LogP contribution in [0, 0.1) is 0 Å². The Bertz CT molecular complexity index is 778. The number of unbranched alkanes of at least 4 members (excludes halogenated alkanes) is 9. The number of aryl methyl sites for hydroxylation is 1. The molecule has 1 heterocycles. The van der Waals surface area contributed by atoms with Crippen LogP contribution in [0.3, 0.4) is 0 Å². The van der Waals surface area contributed by atoms with E-state index in [-0.39, 0.29) is 6.54 Å². The molecule has 7 heteroatoms. The predicted molar refractivity (Wildman–Crippen MR) is 119 cm³/mol. The summed E-state index contributed by atoms with van der Waals surface area (Å²) in [5.41, 5.74) is 2.87. The first kappa shape index (κ1) is 24.6. The number of furan rings is 1. The lowest BCUT2D eigenvalue weighted by Crippen LogP contribution is -2.20. The number of nitrogens with one attached hydrogen (secondary N) is 1. The quantitative estimate of drug-likeness (QED) is 0.118. The highest BCUT2D eigenvalue weighted by Crippen LogP contribution is 2.42. The van der Waals surface area contributed by atoms with Crippen molar-refractivity contribution >= 4 is 6.29 Å². The number of carbonyl (C=O) groups excluding carboxylic acids is 1. The van der Waals surface area contributed by atoms with Gasteiger partial charge in [-0.1, -0.05) is 64.7 Å². The van der Waals surface area contributed by atoms with Gasteiger partial charge in [0.15, 0.2) is 28.8 Å². The van der Waals surface area contributed by atoms with Crippen molar-refractivity contribution in [2.75, 3.05) is 6.54 Å². The summed E-state index contributed by atoms with van der Waals surface area (Å²) in [5.74, 6) is -0.171. The van der Waals surface area contributed by atoms with Crippen molar-refractivity contribution in [1.82, 2.24) is 5.48 Å². The van der Waals surface area contributed by atoms with E-state index in [1.54, 1.807) is 6.07 Å². The number of hydroxylamine groups is 1. The minimum Gasteiger partial charge on any atom is -0.504 e. The summed E-state index contributed by atoms with van der Waals surface area (Å²) >= 11 is 0. The SMILES string of the molecule is CCCCCCCCCCCCc1cc(ONCC=O)c(-c2cc(O)c(O)c(O)c2)o1. The van der Waals surface area contributed by atoms with E-state index in [1.165, 1.54) is 63.5 Å². The van der Waals surface area contributed by atoms with Crippen LogP contribution in [0.15, 0.2) is 22.6 Å². The number of benzene rings is 1. The fourth-order valence-electron chi connectivity index (χ4n) is 3.50. The van der Waals surface area contributed by atoms with Gasteiger partial charge in [0.2, 0.25) is 0 Å². The molecule has 2 aromatic rings. The molecule has 0 aliphatic rings. The summed E-state index contributed by atoms with van der Waals surface area (Å²) in [6.45, 7) is 2.24. The van der Waals surface area contributed by atoms with Crippen molar-refractivity contribution < 1.29 is 29.4 Å². The zero-order valence-electron chi connectivity index (χ0n) is 18.4. The number of hydrogen-bond donors (Lipinski definition) is 4. The topological polar surface area (TPSA) is 112 Å². The highest BCUT2D eigenvalue weighted by Gasteiger charge is 2.18. The molecule has 2 rings (SSSR count). The van der Waals surface area contributed by atoms with Gasteiger partial charge in [-0.25, -0.2) is 0 Å². The molecule has 172 valence electrons. The summed E-state index contributed by atoms with van der Waals surface area (Å²) in [6.07, 6.45) is 13.9. The number of aromatic hydroxyl groups is 3. The molecule has 0 saturated carbocycles. The van der Waals surface area contributed by atoms with Crippen LogP contribution in [0.5, 0.6) is 23.0 Å². The number of aldehydes is 1. The Morgan fingerprint density at radius 3 is 2.06 bits per heavy atom. The monoisotopic (exact) mass is 433 g/mol. The average Bonchev–Trinajstić information content (AvgIpc) is 3.16. The molecule has 7 nitrogen and oxygen atoms in total. The summed E-state index contributed by atoms with van der Waals surface area (Å²) in [7, 11) is 0. The van der Waals surface area contributed by atoms with E-state index in [2.05, 4.69) is 12.4 Å². The lowest BCUT2D eigenvalue weighted by Gasteiger charge is -2.07. The lowest BCUT2D eigenvalue weighted by atomic mass is 10.1. The van der Waals surface area contributed by atoms with E-state index < -0.39 is 17.2 Å². The molecule has 0 fully saturated rings. The minimum absolute atomic E-state index is 0.00444. The van der Waals surface area contributed by atoms with Crippen molar-refractivity contribution in [3.8, 4) is 34.3 Å². The normalized spacial score (nSPS) is 11.0. The average molecular weight is 434 g/mol. The van der Waals surface area contributed by atoms with Crippen LogP contribution in [0.1, 0.15) is 76.9 Å². The summed E-state index contributed by atoms with van der Waals surface area (Å²) in [6, 6.07) is 4.30. The molecule has 0 amide bonds. The molecule has 0 aliphatic carbocycles. The predicted octanol–water partition coefficient (Wildman–Crippen LogP) is 5.61. The van der Waals surface area contributed by atoms with Crippen LogP contribution >= 0.6 is 0 Å². The fraction of sp³-hybridized carbons (Fsp3) is 0.542. The third kappa shape index (κ3) is 8.17. The van der Waals surface area contributed by atoms with E-state index >= 15 is 0 Å². The second-order valence-electron chi connectivity index (χ2n) is 7.82. The summed E-state index contributed by atoms with van der Waals surface area (Å²) < 4.78 is 5.91. The number of phenols is 3. The smallest absolute Gasteiger partial charge is 0.200 e. The van der Waals surface area contributed by atoms with Crippen LogP contribution < -0.4 is 10.3 Å². The first-order chi connectivity index (χ1) is 15.1. The molecular weight excluding hydrogens is 398 g/mol. The standard InChI is InChI=1S/C24H35NO6/c1-2-3-4-5-6-7-8-9-10-11-12-19-17-22(31-25-13-14-26)24(30-19)18-15-20(27)23(29)21(28)16-18/h14-17,25,27-29H,2-13H2,1H3. The Labute approximate surface area is 184 Å².